The number of carbonyl (C=O) groups excluding carboxylic acids is 1. The van der Waals surface area contributed by atoms with Crippen molar-refractivity contribution in [1.29, 1.82) is 0 Å². The van der Waals surface area contributed by atoms with Gasteiger partial charge in [0, 0.05) is 29.3 Å². The van der Waals surface area contributed by atoms with Gasteiger partial charge in [0.25, 0.3) is 0 Å². The van der Waals surface area contributed by atoms with E-state index in [0.29, 0.717) is 13.0 Å². The predicted molar refractivity (Wildman–Crippen MR) is 88.1 cm³/mol. The standard InChI is InChI=1S/C17H26N2O4/c1-11-7-13-14(10-19(11)17(20)23-6)15(21-4)8-12(9-18(2)3)16(13)22-5/h8,11H,7,9-10H2,1-6H3. The summed E-state index contributed by atoms with van der Waals surface area (Å²) in [4.78, 5) is 15.8. The summed E-state index contributed by atoms with van der Waals surface area (Å²) in [5.41, 5.74) is 3.21. The van der Waals surface area contributed by atoms with Gasteiger partial charge in [0.15, 0.2) is 0 Å². The third kappa shape index (κ3) is 3.37. The van der Waals surface area contributed by atoms with E-state index >= 15 is 0 Å². The fraction of sp³-hybridized carbons (Fsp3) is 0.588. The molecule has 1 aromatic carbocycles. The second-order valence-electron chi connectivity index (χ2n) is 6.12. The Morgan fingerprint density at radius 2 is 1.96 bits per heavy atom. The molecule has 0 bridgehead atoms. The van der Waals surface area contributed by atoms with Crippen molar-refractivity contribution in [1.82, 2.24) is 9.80 Å². The first-order valence-corrected chi connectivity index (χ1v) is 7.67. The van der Waals surface area contributed by atoms with E-state index in [1.54, 1.807) is 19.1 Å². The fourth-order valence-corrected chi connectivity index (χ4v) is 3.17. The molecule has 1 aromatic rings. The minimum atomic E-state index is -0.318. The van der Waals surface area contributed by atoms with Gasteiger partial charge in [-0.1, -0.05) is 0 Å². The molecule has 1 unspecified atom stereocenters. The van der Waals surface area contributed by atoms with Crippen LogP contribution in [-0.2, 0) is 24.2 Å². The van der Waals surface area contributed by atoms with Crippen molar-refractivity contribution < 1.29 is 19.0 Å². The zero-order valence-electron chi connectivity index (χ0n) is 14.8. The van der Waals surface area contributed by atoms with Crippen molar-refractivity contribution in [2.45, 2.75) is 32.5 Å². The van der Waals surface area contributed by atoms with Gasteiger partial charge in [-0.25, -0.2) is 4.79 Å². The number of ether oxygens (including phenoxy) is 3. The lowest BCUT2D eigenvalue weighted by molar-refractivity contribution is 0.0993. The summed E-state index contributed by atoms with van der Waals surface area (Å²) in [7, 11) is 8.79. The van der Waals surface area contributed by atoms with Crippen LogP contribution in [0.5, 0.6) is 11.5 Å². The predicted octanol–water partition coefficient (Wildman–Crippen LogP) is 2.28. The summed E-state index contributed by atoms with van der Waals surface area (Å²) >= 11 is 0. The topological polar surface area (TPSA) is 51.2 Å². The maximum atomic E-state index is 12.0. The lowest BCUT2D eigenvalue weighted by Crippen LogP contribution is -2.42. The summed E-state index contributed by atoms with van der Waals surface area (Å²) in [6.07, 6.45) is 0.396. The van der Waals surface area contributed by atoms with Crippen LogP contribution in [0.4, 0.5) is 4.79 Å². The second kappa shape index (κ2) is 7.08. The van der Waals surface area contributed by atoms with E-state index in [0.717, 1.165) is 34.7 Å². The molecule has 0 saturated carbocycles. The van der Waals surface area contributed by atoms with Crippen LogP contribution >= 0.6 is 0 Å². The van der Waals surface area contributed by atoms with Crippen molar-refractivity contribution in [3.63, 3.8) is 0 Å². The van der Waals surface area contributed by atoms with Crippen LogP contribution in [0.3, 0.4) is 0 Å². The van der Waals surface area contributed by atoms with E-state index in [4.69, 9.17) is 14.2 Å². The van der Waals surface area contributed by atoms with Crippen LogP contribution in [0.2, 0.25) is 0 Å². The highest BCUT2D eigenvalue weighted by atomic mass is 16.5. The van der Waals surface area contributed by atoms with Crippen LogP contribution in [-0.4, -0.2) is 57.4 Å². The molecule has 0 aliphatic carbocycles. The Morgan fingerprint density at radius 1 is 1.26 bits per heavy atom. The Bertz CT molecular complexity index is 586. The normalized spacial score (nSPS) is 17.0. The maximum Gasteiger partial charge on any atom is 0.410 e. The minimum Gasteiger partial charge on any atom is -0.496 e. The zero-order valence-corrected chi connectivity index (χ0v) is 14.8. The van der Waals surface area contributed by atoms with Gasteiger partial charge in [0.1, 0.15) is 11.5 Å². The van der Waals surface area contributed by atoms with E-state index in [9.17, 15) is 4.79 Å². The van der Waals surface area contributed by atoms with E-state index in [1.165, 1.54) is 7.11 Å². The molecule has 0 radical (unpaired) electrons. The van der Waals surface area contributed by atoms with Crippen molar-refractivity contribution in [3.05, 3.63) is 22.8 Å². The average molecular weight is 322 g/mol. The summed E-state index contributed by atoms with van der Waals surface area (Å²) in [6.45, 7) is 3.25. The molecule has 128 valence electrons. The molecule has 1 amide bonds. The highest BCUT2D eigenvalue weighted by Gasteiger charge is 2.32. The van der Waals surface area contributed by atoms with Crippen molar-refractivity contribution in [2.24, 2.45) is 0 Å². The first kappa shape index (κ1) is 17.4. The molecule has 6 heteroatoms. The number of hydrogen-bond donors (Lipinski definition) is 0. The van der Waals surface area contributed by atoms with E-state index in [2.05, 4.69) is 4.90 Å². The van der Waals surface area contributed by atoms with Crippen LogP contribution in [0, 0.1) is 0 Å². The van der Waals surface area contributed by atoms with E-state index in [1.807, 2.05) is 27.1 Å². The lowest BCUT2D eigenvalue weighted by Gasteiger charge is -2.35. The molecule has 1 atom stereocenters. The molecule has 0 saturated heterocycles. The molecule has 1 aliphatic heterocycles. The first-order valence-electron chi connectivity index (χ1n) is 7.67. The largest absolute Gasteiger partial charge is 0.496 e. The SMILES string of the molecule is COC(=O)N1Cc2c(OC)cc(CN(C)C)c(OC)c2CC1C. The second-order valence-corrected chi connectivity index (χ2v) is 6.12. The summed E-state index contributed by atoms with van der Waals surface area (Å²) in [5.74, 6) is 1.68. The van der Waals surface area contributed by atoms with Gasteiger partial charge < -0.3 is 24.0 Å². The van der Waals surface area contributed by atoms with Gasteiger partial charge in [-0.05, 0) is 33.5 Å². The molecule has 0 spiro atoms. The summed E-state index contributed by atoms with van der Waals surface area (Å²) in [5, 5.41) is 0. The number of methoxy groups -OCH3 is 3. The monoisotopic (exact) mass is 322 g/mol. The fourth-order valence-electron chi connectivity index (χ4n) is 3.17. The summed E-state index contributed by atoms with van der Waals surface area (Å²) < 4.78 is 16.2. The lowest BCUT2D eigenvalue weighted by atomic mass is 9.91. The summed E-state index contributed by atoms with van der Waals surface area (Å²) in [6, 6.07) is 2.05. The molecule has 0 N–H and O–H groups in total. The Balaban J connectivity index is 2.53. The third-order valence-corrected chi connectivity index (χ3v) is 4.21. The molecule has 1 heterocycles. The number of amides is 1. The molecule has 0 aromatic heterocycles. The molecule has 23 heavy (non-hydrogen) atoms. The van der Waals surface area contributed by atoms with Gasteiger partial charge >= 0.3 is 6.09 Å². The Labute approximate surface area is 137 Å². The van der Waals surface area contributed by atoms with Crippen LogP contribution in [0.25, 0.3) is 0 Å². The molecule has 0 fully saturated rings. The third-order valence-electron chi connectivity index (χ3n) is 4.21. The molecule has 6 nitrogen and oxygen atoms in total. The van der Waals surface area contributed by atoms with E-state index in [-0.39, 0.29) is 12.1 Å². The highest BCUT2D eigenvalue weighted by molar-refractivity contribution is 5.69. The van der Waals surface area contributed by atoms with Gasteiger partial charge in [-0.15, -0.1) is 0 Å². The zero-order chi connectivity index (χ0) is 17.1. The van der Waals surface area contributed by atoms with Gasteiger partial charge in [0.2, 0.25) is 0 Å². The minimum absolute atomic E-state index is 0.0446. The van der Waals surface area contributed by atoms with Gasteiger partial charge in [0.05, 0.1) is 27.9 Å². The first-order chi connectivity index (χ1) is 10.9. The number of carbonyl (C=O) groups is 1. The van der Waals surface area contributed by atoms with Gasteiger partial charge in [-0.3, -0.25) is 0 Å². The number of rotatable bonds is 4. The number of hydrogen-bond acceptors (Lipinski definition) is 5. The van der Waals surface area contributed by atoms with Gasteiger partial charge in [-0.2, -0.15) is 0 Å². The van der Waals surface area contributed by atoms with E-state index < -0.39 is 0 Å². The average Bonchev–Trinajstić information content (AvgIpc) is 2.52. The maximum absolute atomic E-state index is 12.0. The highest BCUT2D eigenvalue weighted by Crippen LogP contribution is 2.40. The smallest absolute Gasteiger partial charge is 0.410 e. The number of benzene rings is 1. The van der Waals surface area contributed by atoms with Crippen LogP contribution in [0.15, 0.2) is 6.07 Å². The molecular weight excluding hydrogens is 296 g/mol. The van der Waals surface area contributed by atoms with Crippen LogP contribution in [0.1, 0.15) is 23.6 Å². The van der Waals surface area contributed by atoms with Crippen molar-refractivity contribution in [3.8, 4) is 11.5 Å². The molecule has 1 aliphatic rings. The van der Waals surface area contributed by atoms with Crippen LogP contribution < -0.4 is 9.47 Å². The number of fused-ring (bicyclic) bond motifs is 1. The number of nitrogens with zero attached hydrogens (tertiary/aromatic N) is 2. The van der Waals surface area contributed by atoms with Crippen molar-refractivity contribution in [2.75, 3.05) is 35.4 Å². The molecular formula is C17H26N2O4. The van der Waals surface area contributed by atoms with Crippen molar-refractivity contribution >= 4 is 6.09 Å². The Hall–Kier alpha value is -1.95. The Morgan fingerprint density at radius 3 is 2.48 bits per heavy atom. The quantitative estimate of drug-likeness (QED) is 0.851. The Kier molecular flexibility index (Phi) is 5.36. The molecule has 2 rings (SSSR count).